The minimum atomic E-state index is -0.0487. The Kier molecular flexibility index (Phi) is 6.24. The number of hydrogen-bond donors (Lipinski definition) is 1. The van der Waals surface area contributed by atoms with Gasteiger partial charge >= 0.3 is 0 Å². The van der Waals surface area contributed by atoms with Gasteiger partial charge in [-0.1, -0.05) is 26.0 Å². The molecule has 0 bridgehead atoms. The summed E-state index contributed by atoms with van der Waals surface area (Å²) in [5, 5.41) is 12.1. The molecule has 0 aliphatic rings. The molecule has 0 radical (unpaired) electrons. The first-order valence-electron chi connectivity index (χ1n) is 6.64. The topological polar surface area (TPSA) is 39.1 Å². The van der Waals surface area contributed by atoms with E-state index in [1.54, 1.807) is 0 Å². The van der Waals surface area contributed by atoms with Gasteiger partial charge in [-0.2, -0.15) is 5.26 Å². The SMILES string of the molecule is CCNC(C#N)CCN(C)c1ccc(CC)cc1. The zero-order chi connectivity index (χ0) is 13.4. The highest BCUT2D eigenvalue weighted by atomic mass is 15.1. The summed E-state index contributed by atoms with van der Waals surface area (Å²) < 4.78 is 0. The van der Waals surface area contributed by atoms with Crippen molar-refractivity contribution in [2.45, 2.75) is 32.7 Å². The summed E-state index contributed by atoms with van der Waals surface area (Å²) in [6.45, 7) is 5.91. The molecule has 1 rings (SSSR count). The molecule has 18 heavy (non-hydrogen) atoms. The fourth-order valence-corrected chi connectivity index (χ4v) is 1.90. The maximum absolute atomic E-state index is 8.98. The van der Waals surface area contributed by atoms with Crippen LogP contribution in [0.5, 0.6) is 0 Å². The number of anilines is 1. The third-order valence-electron chi connectivity index (χ3n) is 3.14. The molecule has 1 unspecified atom stereocenters. The number of nitrogens with one attached hydrogen (secondary N) is 1. The summed E-state index contributed by atoms with van der Waals surface area (Å²) in [5.74, 6) is 0. The van der Waals surface area contributed by atoms with Crippen LogP contribution in [0.2, 0.25) is 0 Å². The van der Waals surface area contributed by atoms with E-state index >= 15 is 0 Å². The second kappa shape index (κ2) is 7.73. The van der Waals surface area contributed by atoms with Gasteiger partial charge in [0.05, 0.1) is 12.1 Å². The Balaban J connectivity index is 2.49. The van der Waals surface area contributed by atoms with Crippen LogP contribution in [0.4, 0.5) is 5.69 Å². The number of nitrogens with zero attached hydrogens (tertiary/aromatic N) is 2. The van der Waals surface area contributed by atoms with Gasteiger partial charge in [0.1, 0.15) is 0 Å². The third kappa shape index (κ3) is 4.38. The quantitative estimate of drug-likeness (QED) is 0.802. The molecule has 3 nitrogen and oxygen atoms in total. The molecule has 0 saturated heterocycles. The lowest BCUT2D eigenvalue weighted by molar-refractivity contribution is 0.582. The Morgan fingerprint density at radius 2 is 1.94 bits per heavy atom. The van der Waals surface area contributed by atoms with Gasteiger partial charge in [0, 0.05) is 19.3 Å². The fraction of sp³-hybridized carbons (Fsp3) is 0.533. The van der Waals surface area contributed by atoms with Crippen LogP contribution in [0.25, 0.3) is 0 Å². The molecule has 0 aliphatic carbocycles. The first-order valence-corrected chi connectivity index (χ1v) is 6.64. The van der Waals surface area contributed by atoms with Crippen LogP contribution in [-0.4, -0.2) is 26.2 Å². The molecule has 0 spiro atoms. The van der Waals surface area contributed by atoms with Crippen molar-refractivity contribution < 1.29 is 0 Å². The molecule has 3 heteroatoms. The van der Waals surface area contributed by atoms with E-state index in [0.29, 0.717) is 0 Å². The van der Waals surface area contributed by atoms with Gasteiger partial charge in [-0.25, -0.2) is 0 Å². The van der Waals surface area contributed by atoms with Gasteiger partial charge in [0.15, 0.2) is 0 Å². The molecule has 1 N–H and O–H groups in total. The Labute approximate surface area is 110 Å². The minimum absolute atomic E-state index is 0.0487. The Hall–Kier alpha value is -1.53. The number of hydrogen-bond acceptors (Lipinski definition) is 3. The van der Waals surface area contributed by atoms with Crippen molar-refractivity contribution in [1.82, 2.24) is 5.32 Å². The Morgan fingerprint density at radius 3 is 2.44 bits per heavy atom. The molecule has 1 aromatic rings. The van der Waals surface area contributed by atoms with Crippen molar-refractivity contribution >= 4 is 5.69 Å². The largest absolute Gasteiger partial charge is 0.375 e. The van der Waals surface area contributed by atoms with Crippen LogP contribution in [0, 0.1) is 11.3 Å². The normalized spacial score (nSPS) is 11.9. The monoisotopic (exact) mass is 245 g/mol. The van der Waals surface area contributed by atoms with Gasteiger partial charge < -0.3 is 10.2 Å². The van der Waals surface area contributed by atoms with Gasteiger partial charge in [-0.05, 0) is 37.1 Å². The zero-order valence-electron chi connectivity index (χ0n) is 11.6. The number of aryl methyl sites for hydroxylation is 1. The van der Waals surface area contributed by atoms with Crippen LogP contribution in [0.1, 0.15) is 25.8 Å². The summed E-state index contributed by atoms with van der Waals surface area (Å²) >= 11 is 0. The maximum Gasteiger partial charge on any atom is 0.0969 e. The Bertz CT molecular complexity index is 378. The van der Waals surface area contributed by atoms with Crippen LogP contribution in [-0.2, 0) is 6.42 Å². The van der Waals surface area contributed by atoms with E-state index in [1.165, 1.54) is 11.3 Å². The van der Waals surface area contributed by atoms with Crippen LogP contribution in [0.15, 0.2) is 24.3 Å². The van der Waals surface area contributed by atoms with Crippen molar-refractivity contribution in [1.29, 1.82) is 5.26 Å². The second-order valence-corrected chi connectivity index (χ2v) is 4.47. The fourth-order valence-electron chi connectivity index (χ4n) is 1.90. The van der Waals surface area contributed by atoms with Crippen molar-refractivity contribution in [2.75, 3.05) is 25.0 Å². The van der Waals surface area contributed by atoms with Gasteiger partial charge in [0.25, 0.3) is 0 Å². The summed E-state index contributed by atoms with van der Waals surface area (Å²) in [4.78, 5) is 2.20. The van der Waals surface area contributed by atoms with Gasteiger partial charge in [-0.3, -0.25) is 0 Å². The second-order valence-electron chi connectivity index (χ2n) is 4.47. The van der Waals surface area contributed by atoms with Crippen molar-refractivity contribution in [3.8, 4) is 6.07 Å². The van der Waals surface area contributed by atoms with Crippen molar-refractivity contribution in [3.63, 3.8) is 0 Å². The highest BCUT2D eigenvalue weighted by Crippen LogP contribution is 2.14. The van der Waals surface area contributed by atoms with Crippen LogP contribution < -0.4 is 10.2 Å². The standard InChI is InChI=1S/C15H23N3/c1-4-13-6-8-15(9-7-13)18(3)11-10-14(12-16)17-5-2/h6-9,14,17H,4-5,10-11H2,1-3H3. The summed E-state index contributed by atoms with van der Waals surface area (Å²) in [6, 6.07) is 10.9. The molecule has 0 fully saturated rings. The van der Waals surface area contributed by atoms with E-state index in [9.17, 15) is 0 Å². The first kappa shape index (κ1) is 14.5. The van der Waals surface area contributed by atoms with Crippen molar-refractivity contribution in [3.05, 3.63) is 29.8 Å². The smallest absolute Gasteiger partial charge is 0.0969 e. The van der Waals surface area contributed by atoms with Gasteiger partial charge in [-0.15, -0.1) is 0 Å². The molecule has 0 amide bonds. The summed E-state index contributed by atoms with van der Waals surface area (Å²) in [6.07, 6.45) is 1.91. The number of benzene rings is 1. The Morgan fingerprint density at radius 1 is 1.28 bits per heavy atom. The lowest BCUT2D eigenvalue weighted by Crippen LogP contribution is -2.31. The predicted octanol–water partition coefficient (Wildman–Crippen LogP) is 2.58. The molecule has 1 atom stereocenters. The zero-order valence-corrected chi connectivity index (χ0v) is 11.6. The van der Waals surface area contributed by atoms with E-state index in [0.717, 1.165) is 25.9 Å². The average molecular weight is 245 g/mol. The maximum atomic E-state index is 8.98. The molecule has 98 valence electrons. The third-order valence-corrected chi connectivity index (χ3v) is 3.14. The number of rotatable bonds is 7. The van der Waals surface area contributed by atoms with Gasteiger partial charge in [0.2, 0.25) is 0 Å². The molecular formula is C15H23N3. The van der Waals surface area contributed by atoms with E-state index < -0.39 is 0 Å². The lowest BCUT2D eigenvalue weighted by atomic mass is 10.1. The minimum Gasteiger partial charge on any atom is -0.375 e. The molecule has 1 aromatic carbocycles. The number of nitriles is 1. The first-order chi connectivity index (χ1) is 8.71. The molecule has 0 aromatic heterocycles. The van der Waals surface area contributed by atoms with E-state index in [-0.39, 0.29) is 6.04 Å². The molecule has 0 aliphatic heterocycles. The van der Waals surface area contributed by atoms with Crippen LogP contribution in [0.3, 0.4) is 0 Å². The highest BCUT2D eigenvalue weighted by molar-refractivity contribution is 5.46. The molecule has 0 heterocycles. The van der Waals surface area contributed by atoms with Crippen LogP contribution >= 0.6 is 0 Å². The van der Waals surface area contributed by atoms with E-state index in [4.69, 9.17) is 5.26 Å². The van der Waals surface area contributed by atoms with Crippen molar-refractivity contribution in [2.24, 2.45) is 0 Å². The summed E-state index contributed by atoms with van der Waals surface area (Å²) in [5.41, 5.74) is 2.56. The molecular weight excluding hydrogens is 222 g/mol. The van der Waals surface area contributed by atoms with E-state index in [2.05, 4.69) is 54.5 Å². The predicted molar refractivity (Wildman–Crippen MR) is 76.8 cm³/mol. The highest BCUT2D eigenvalue weighted by Gasteiger charge is 2.07. The summed E-state index contributed by atoms with van der Waals surface area (Å²) in [7, 11) is 2.07. The lowest BCUT2D eigenvalue weighted by Gasteiger charge is -2.21. The van der Waals surface area contributed by atoms with E-state index in [1.807, 2.05) is 6.92 Å². The molecule has 0 saturated carbocycles. The average Bonchev–Trinajstić information content (AvgIpc) is 2.43.